The maximum absolute atomic E-state index is 12.6. The summed E-state index contributed by atoms with van der Waals surface area (Å²) in [7, 11) is 0. The van der Waals surface area contributed by atoms with Gasteiger partial charge in [0.25, 0.3) is 5.91 Å². The highest BCUT2D eigenvalue weighted by Crippen LogP contribution is 2.20. The number of aromatic nitrogens is 1. The highest BCUT2D eigenvalue weighted by atomic mass is 16.5. The van der Waals surface area contributed by atoms with Gasteiger partial charge in [-0.3, -0.25) is 9.78 Å². The lowest BCUT2D eigenvalue weighted by Crippen LogP contribution is -2.42. The summed E-state index contributed by atoms with van der Waals surface area (Å²) in [5.74, 6) is 0.476. The van der Waals surface area contributed by atoms with Crippen LogP contribution < -0.4 is 10.1 Å². The molecule has 0 unspecified atom stereocenters. The Morgan fingerprint density at radius 1 is 0.923 bits per heavy atom. The van der Waals surface area contributed by atoms with Gasteiger partial charge in [-0.25, -0.2) is 0 Å². The lowest BCUT2D eigenvalue weighted by molar-refractivity contribution is -0.128. The average molecular weight is 346 g/mol. The molecule has 4 nitrogen and oxygen atoms in total. The van der Waals surface area contributed by atoms with Crippen molar-refractivity contribution in [2.45, 2.75) is 25.9 Å². The van der Waals surface area contributed by atoms with Gasteiger partial charge in [-0.1, -0.05) is 30.3 Å². The molecule has 0 fully saturated rings. The van der Waals surface area contributed by atoms with Crippen LogP contribution in [0.5, 0.6) is 5.75 Å². The molecule has 0 aliphatic carbocycles. The molecule has 26 heavy (non-hydrogen) atoms. The molecular weight excluding hydrogens is 324 g/mol. The van der Waals surface area contributed by atoms with Crippen molar-refractivity contribution in [1.82, 2.24) is 4.98 Å². The van der Waals surface area contributed by atoms with Crippen LogP contribution in [0.2, 0.25) is 0 Å². The van der Waals surface area contributed by atoms with Crippen LogP contribution in [0.4, 0.5) is 5.69 Å². The van der Waals surface area contributed by atoms with Gasteiger partial charge >= 0.3 is 0 Å². The third-order valence-electron chi connectivity index (χ3n) is 4.03. The van der Waals surface area contributed by atoms with Gasteiger partial charge in [0.1, 0.15) is 5.75 Å². The fraction of sp³-hybridized carbons (Fsp3) is 0.182. The number of hydrogen-bond donors (Lipinski definition) is 1. The Bertz CT molecular complexity index is 844. The average Bonchev–Trinajstić information content (AvgIpc) is 2.64. The first-order chi connectivity index (χ1) is 12.5. The minimum atomic E-state index is -0.975. The van der Waals surface area contributed by atoms with Gasteiger partial charge in [-0.2, -0.15) is 0 Å². The number of anilines is 1. The van der Waals surface area contributed by atoms with E-state index in [9.17, 15) is 4.79 Å². The minimum absolute atomic E-state index is 0.191. The van der Waals surface area contributed by atoms with Crippen LogP contribution in [0.25, 0.3) is 0 Å². The molecule has 0 saturated heterocycles. The number of amides is 1. The molecule has 1 N–H and O–H groups in total. The molecule has 4 heteroatoms. The van der Waals surface area contributed by atoms with Crippen molar-refractivity contribution < 1.29 is 9.53 Å². The number of nitrogens with zero attached hydrogens (tertiary/aromatic N) is 1. The van der Waals surface area contributed by atoms with Gasteiger partial charge in [-0.15, -0.1) is 0 Å². The van der Waals surface area contributed by atoms with Gasteiger partial charge in [0.05, 0.1) is 0 Å². The predicted octanol–water partition coefficient (Wildman–Crippen LogP) is 4.47. The molecule has 0 atom stereocenters. The summed E-state index contributed by atoms with van der Waals surface area (Å²) >= 11 is 0. The summed E-state index contributed by atoms with van der Waals surface area (Å²) in [6.07, 6.45) is 4.41. The molecule has 0 spiro atoms. The molecule has 0 bridgehead atoms. The summed E-state index contributed by atoms with van der Waals surface area (Å²) in [6, 6.07) is 21.2. The number of carbonyl (C=O) groups is 1. The Balaban J connectivity index is 1.62. The van der Waals surface area contributed by atoms with Crippen molar-refractivity contribution in [2.24, 2.45) is 0 Å². The van der Waals surface area contributed by atoms with E-state index in [1.807, 2.05) is 66.7 Å². The topological polar surface area (TPSA) is 51.2 Å². The number of para-hydroxylation sites is 1. The van der Waals surface area contributed by atoms with E-state index in [-0.39, 0.29) is 5.91 Å². The van der Waals surface area contributed by atoms with Gasteiger partial charge in [-0.05, 0) is 67.8 Å². The smallest absolute Gasteiger partial charge is 0.267 e. The summed E-state index contributed by atoms with van der Waals surface area (Å²) in [5, 5.41) is 2.92. The van der Waals surface area contributed by atoms with E-state index in [1.54, 1.807) is 26.2 Å². The zero-order valence-corrected chi connectivity index (χ0v) is 15.0. The minimum Gasteiger partial charge on any atom is -0.478 e. The molecular formula is C22H22N2O2. The maximum Gasteiger partial charge on any atom is 0.267 e. The normalized spacial score (nSPS) is 11.0. The fourth-order valence-corrected chi connectivity index (χ4v) is 2.55. The number of benzene rings is 2. The van der Waals surface area contributed by atoms with Gasteiger partial charge in [0.15, 0.2) is 5.60 Å². The van der Waals surface area contributed by atoms with Crippen molar-refractivity contribution in [1.29, 1.82) is 0 Å². The zero-order chi connectivity index (χ0) is 18.4. The molecule has 1 heterocycles. The molecule has 132 valence electrons. The SMILES string of the molecule is CC(C)(Oc1ccccc1)C(=O)Nc1ccc(Cc2ccncc2)cc1. The van der Waals surface area contributed by atoms with Crippen LogP contribution in [0.1, 0.15) is 25.0 Å². The Morgan fingerprint density at radius 3 is 2.19 bits per heavy atom. The Kier molecular flexibility index (Phi) is 5.32. The van der Waals surface area contributed by atoms with Gasteiger partial charge < -0.3 is 10.1 Å². The lowest BCUT2D eigenvalue weighted by atomic mass is 10.1. The van der Waals surface area contributed by atoms with E-state index in [2.05, 4.69) is 10.3 Å². The van der Waals surface area contributed by atoms with Crippen LogP contribution in [0, 0.1) is 0 Å². The first-order valence-corrected chi connectivity index (χ1v) is 8.56. The molecule has 1 aromatic heterocycles. The van der Waals surface area contributed by atoms with E-state index in [1.165, 1.54) is 11.1 Å². The summed E-state index contributed by atoms with van der Waals surface area (Å²) < 4.78 is 5.82. The van der Waals surface area contributed by atoms with Crippen molar-refractivity contribution in [2.75, 3.05) is 5.32 Å². The van der Waals surface area contributed by atoms with Crippen LogP contribution in [0.15, 0.2) is 79.1 Å². The third kappa shape index (κ3) is 4.70. The number of hydrogen-bond acceptors (Lipinski definition) is 3. The van der Waals surface area contributed by atoms with E-state index in [0.29, 0.717) is 5.75 Å². The lowest BCUT2D eigenvalue weighted by Gasteiger charge is -2.25. The second-order valence-electron chi connectivity index (χ2n) is 6.61. The second-order valence-corrected chi connectivity index (χ2v) is 6.61. The Labute approximate surface area is 153 Å². The molecule has 0 aliphatic heterocycles. The van der Waals surface area contributed by atoms with E-state index >= 15 is 0 Å². The fourth-order valence-electron chi connectivity index (χ4n) is 2.55. The summed E-state index contributed by atoms with van der Waals surface area (Å²) in [5.41, 5.74) is 2.15. The highest BCUT2D eigenvalue weighted by Gasteiger charge is 2.30. The first-order valence-electron chi connectivity index (χ1n) is 8.56. The van der Waals surface area contributed by atoms with E-state index in [0.717, 1.165) is 12.1 Å². The van der Waals surface area contributed by atoms with Crippen LogP contribution in [-0.2, 0) is 11.2 Å². The molecule has 0 radical (unpaired) electrons. The van der Waals surface area contributed by atoms with Gasteiger partial charge in [0, 0.05) is 18.1 Å². The molecule has 0 saturated carbocycles. The van der Waals surface area contributed by atoms with Crippen molar-refractivity contribution in [3.8, 4) is 5.75 Å². The maximum atomic E-state index is 12.6. The summed E-state index contributed by atoms with van der Waals surface area (Å²) in [6.45, 7) is 3.51. The van der Waals surface area contributed by atoms with E-state index < -0.39 is 5.60 Å². The molecule has 3 rings (SSSR count). The Morgan fingerprint density at radius 2 is 1.54 bits per heavy atom. The van der Waals surface area contributed by atoms with Crippen LogP contribution in [0.3, 0.4) is 0 Å². The first kappa shape index (κ1) is 17.7. The zero-order valence-electron chi connectivity index (χ0n) is 15.0. The van der Waals surface area contributed by atoms with Crippen molar-refractivity contribution in [3.63, 3.8) is 0 Å². The number of ether oxygens (including phenoxy) is 1. The number of nitrogens with one attached hydrogen (secondary N) is 1. The molecule has 2 aromatic carbocycles. The quantitative estimate of drug-likeness (QED) is 0.716. The number of carbonyl (C=O) groups excluding carboxylic acids is 1. The highest BCUT2D eigenvalue weighted by molar-refractivity contribution is 5.97. The second kappa shape index (κ2) is 7.83. The molecule has 0 aliphatic rings. The van der Waals surface area contributed by atoms with Crippen molar-refractivity contribution >= 4 is 11.6 Å². The standard InChI is InChI=1S/C22H22N2O2/c1-22(2,26-20-6-4-3-5-7-20)21(25)24-19-10-8-17(9-11-19)16-18-12-14-23-15-13-18/h3-15H,16H2,1-2H3,(H,24,25). The van der Waals surface area contributed by atoms with Gasteiger partial charge in [0.2, 0.25) is 0 Å². The predicted molar refractivity (Wildman–Crippen MR) is 103 cm³/mol. The third-order valence-corrected chi connectivity index (χ3v) is 4.03. The monoisotopic (exact) mass is 346 g/mol. The number of pyridine rings is 1. The number of rotatable bonds is 6. The molecule has 1 amide bonds. The van der Waals surface area contributed by atoms with Crippen LogP contribution in [-0.4, -0.2) is 16.5 Å². The van der Waals surface area contributed by atoms with Crippen molar-refractivity contribution in [3.05, 3.63) is 90.3 Å². The molecule has 3 aromatic rings. The largest absolute Gasteiger partial charge is 0.478 e. The van der Waals surface area contributed by atoms with Crippen LogP contribution >= 0.6 is 0 Å². The summed E-state index contributed by atoms with van der Waals surface area (Å²) in [4.78, 5) is 16.6. The van der Waals surface area contributed by atoms with E-state index in [4.69, 9.17) is 4.74 Å². The Hall–Kier alpha value is -3.14.